The minimum absolute atomic E-state index is 0.118. The molecular formula is C12H17NO4S. The van der Waals surface area contributed by atoms with E-state index in [0.29, 0.717) is 18.7 Å². The Hall–Kier alpha value is -1.11. The number of rotatable bonds is 3. The summed E-state index contributed by atoms with van der Waals surface area (Å²) >= 11 is 0. The zero-order valence-electron chi connectivity index (χ0n) is 10.5. The number of sulfonamides is 1. The molecule has 0 aliphatic carbocycles. The third-order valence-corrected chi connectivity index (χ3v) is 4.99. The molecule has 1 aliphatic rings. The van der Waals surface area contributed by atoms with Crippen molar-refractivity contribution in [2.75, 3.05) is 20.2 Å². The fourth-order valence-electron chi connectivity index (χ4n) is 2.08. The van der Waals surface area contributed by atoms with E-state index in [0.717, 1.165) is 0 Å². The first-order valence-corrected chi connectivity index (χ1v) is 7.16. The van der Waals surface area contributed by atoms with Crippen LogP contribution in [0.2, 0.25) is 0 Å². The van der Waals surface area contributed by atoms with Crippen molar-refractivity contribution in [3.8, 4) is 5.75 Å². The molecule has 0 amide bonds. The summed E-state index contributed by atoms with van der Waals surface area (Å²) in [6.07, 6.45) is 0.446. The lowest BCUT2D eigenvalue weighted by atomic mass is 10.1. The molecule has 18 heavy (non-hydrogen) atoms. The smallest absolute Gasteiger partial charge is 0.246 e. The Morgan fingerprint density at radius 3 is 2.61 bits per heavy atom. The maximum atomic E-state index is 12.4. The van der Waals surface area contributed by atoms with Crippen LogP contribution in [0.25, 0.3) is 0 Å². The molecule has 100 valence electrons. The van der Waals surface area contributed by atoms with Gasteiger partial charge in [0.15, 0.2) is 0 Å². The van der Waals surface area contributed by atoms with Gasteiger partial charge in [-0.1, -0.05) is 12.1 Å². The highest BCUT2D eigenvalue weighted by Gasteiger charge is 2.39. The van der Waals surface area contributed by atoms with Crippen molar-refractivity contribution in [1.29, 1.82) is 0 Å². The van der Waals surface area contributed by atoms with Gasteiger partial charge in [0.05, 0.1) is 12.7 Å². The summed E-state index contributed by atoms with van der Waals surface area (Å²) in [6, 6.07) is 6.50. The molecule has 0 saturated carbocycles. The van der Waals surface area contributed by atoms with Gasteiger partial charge in [-0.25, -0.2) is 8.42 Å². The molecule has 1 aromatic rings. The Morgan fingerprint density at radius 1 is 1.39 bits per heavy atom. The van der Waals surface area contributed by atoms with Gasteiger partial charge in [0.25, 0.3) is 0 Å². The highest BCUT2D eigenvalue weighted by atomic mass is 32.2. The van der Waals surface area contributed by atoms with Gasteiger partial charge in [-0.2, -0.15) is 4.31 Å². The maximum absolute atomic E-state index is 12.4. The number of para-hydroxylation sites is 1. The first-order chi connectivity index (χ1) is 8.37. The minimum Gasteiger partial charge on any atom is -0.495 e. The first kappa shape index (κ1) is 13.3. The molecular weight excluding hydrogens is 254 g/mol. The van der Waals surface area contributed by atoms with Gasteiger partial charge in [-0.05, 0) is 25.5 Å². The van der Waals surface area contributed by atoms with Crippen LogP contribution in [0, 0.1) is 0 Å². The van der Waals surface area contributed by atoms with Gasteiger partial charge in [-0.15, -0.1) is 0 Å². The summed E-state index contributed by atoms with van der Waals surface area (Å²) in [4.78, 5) is 0.144. The van der Waals surface area contributed by atoms with Crippen LogP contribution in [-0.4, -0.2) is 43.6 Å². The van der Waals surface area contributed by atoms with Gasteiger partial charge in [-0.3, -0.25) is 0 Å². The molecule has 5 nitrogen and oxygen atoms in total. The van der Waals surface area contributed by atoms with Crippen molar-refractivity contribution in [2.45, 2.75) is 23.8 Å². The molecule has 0 aromatic heterocycles. The normalized spacial score (nSPS) is 25.3. The van der Waals surface area contributed by atoms with Gasteiger partial charge < -0.3 is 9.84 Å². The molecule has 1 atom stereocenters. The minimum atomic E-state index is -3.60. The number of β-amino-alcohol motifs (C(OH)–C–C–N with tert-alkyl or cyclic N) is 1. The lowest BCUT2D eigenvalue weighted by molar-refractivity contribution is 0.0762. The van der Waals surface area contributed by atoms with Crippen LogP contribution >= 0.6 is 0 Å². The average Bonchev–Trinajstić information content (AvgIpc) is 2.70. The largest absolute Gasteiger partial charge is 0.495 e. The van der Waals surface area contributed by atoms with E-state index in [9.17, 15) is 13.5 Å². The van der Waals surface area contributed by atoms with E-state index in [1.54, 1.807) is 25.1 Å². The summed E-state index contributed by atoms with van der Waals surface area (Å²) < 4.78 is 31.2. The molecule has 1 fully saturated rings. The average molecular weight is 271 g/mol. The lowest BCUT2D eigenvalue weighted by Gasteiger charge is -2.20. The van der Waals surface area contributed by atoms with E-state index in [1.165, 1.54) is 17.5 Å². The van der Waals surface area contributed by atoms with Crippen LogP contribution in [0.3, 0.4) is 0 Å². The zero-order chi connectivity index (χ0) is 13.4. The summed E-state index contributed by atoms with van der Waals surface area (Å²) in [5, 5.41) is 9.86. The molecule has 1 aromatic carbocycles. The van der Waals surface area contributed by atoms with E-state index >= 15 is 0 Å². The Morgan fingerprint density at radius 2 is 2.06 bits per heavy atom. The van der Waals surface area contributed by atoms with Gasteiger partial charge >= 0.3 is 0 Å². The van der Waals surface area contributed by atoms with Gasteiger partial charge in [0.2, 0.25) is 10.0 Å². The molecule has 2 rings (SSSR count). The number of aliphatic hydroxyl groups is 1. The molecule has 1 N–H and O–H groups in total. The molecule has 0 bridgehead atoms. The second-order valence-electron chi connectivity index (χ2n) is 4.74. The predicted molar refractivity (Wildman–Crippen MR) is 67.0 cm³/mol. The van der Waals surface area contributed by atoms with Gasteiger partial charge in [0.1, 0.15) is 10.6 Å². The lowest BCUT2D eigenvalue weighted by Crippen LogP contribution is -2.34. The molecule has 0 spiro atoms. The summed E-state index contributed by atoms with van der Waals surface area (Å²) in [5.41, 5.74) is -0.949. The second-order valence-corrected chi connectivity index (χ2v) is 6.64. The molecule has 1 saturated heterocycles. The number of nitrogens with zero attached hydrogens (tertiary/aromatic N) is 1. The highest BCUT2D eigenvalue weighted by Crippen LogP contribution is 2.31. The van der Waals surface area contributed by atoms with E-state index in [-0.39, 0.29) is 11.4 Å². The number of benzene rings is 1. The summed E-state index contributed by atoms with van der Waals surface area (Å²) in [6.45, 7) is 2.09. The number of hydrogen-bond donors (Lipinski definition) is 1. The quantitative estimate of drug-likeness (QED) is 0.884. The third kappa shape index (κ3) is 2.36. The number of methoxy groups -OCH3 is 1. The molecule has 1 aliphatic heterocycles. The van der Waals surface area contributed by atoms with Crippen molar-refractivity contribution >= 4 is 10.0 Å². The highest BCUT2D eigenvalue weighted by molar-refractivity contribution is 7.89. The maximum Gasteiger partial charge on any atom is 0.246 e. The van der Waals surface area contributed by atoms with E-state index < -0.39 is 15.6 Å². The Bertz CT molecular complexity index is 539. The van der Waals surface area contributed by atoms with Crippen LogP contribution in [0.15, 0.2) is 29.2 Å². The summed E-state index contributed by atoms with van der Waals surface area (Å²) in [5.74, 6) is 0.323. The number of ether oxygens (including phenoxy) is 1. The molecule has 0 radical (unpaired) electrons. The molecule has 1 unspecified atom stereocenters. The second kappa shape index (κ2) is 4.53. The molecule has 6 heteroatoms. The fraction of sp³-hybridized carbons (Fsp3) is 0.500. The Balaban J connectivity index is 2.38. The van der Waals surface area contributed by atoms with Crippen LogP contribution in [0.5, 0.6) is 5.75 Å². The van der Waals surface area contributed by atoms with Crippen LogP contribution in [0.4, 0.5) is 0 Å². The standard InChI is InChI=1S/C12H17NO4S/c1-12(14)7-8-13(9-12)18(15,16)11-6-4-3-5-10(11)17-2/h3-6,14H,7-9H2,1-2H3. The van der Waals surface area contributed by atoms with Crippen LogP contribution in [-0.2, 0) is 10.0 Å². The fourth-order valence-corrected chi connectivity index (χ4v) is 3.79. The van der Waals surface area contributed by atoms with Crippen molar-refractivity contribution in [3.05, 3.63) is 24.3 Å². The van der Waals surface area contributed by atoms with Crippen molar-refractivity contribution < 1.29 is 18.3 Å². The van der Waals surface area contributed by atoms with Crippen molar-refractivity contribution in [2.24, 2.45) is 0 Å². The predicted octanol–water partition coefficient (Wildman–Crippen LogP) is 0.841. The molecule has 1 heterocycles. The van der Waals surface area contributed by atoms with Crippen LogP contribution in [0.1, 0.15) is 13.3 Å². The van der Waals surface area contributed by atoms with E-state index in [2.05, 4.69) is 0 Å². The first-order valence-electron chi connectivity index (χ1n) is 5.72. The number of hydrogen-bond acceptors (Lipinski definition) is 4. The van der Waals surface area contributed by atoms with Crippen molar-refractivity contribution in [3.63, 3.8) is 0 Å². The topological polar surface area (TPSA) is 66.8 Å². The Labute approximate surface area is 107 Å². The van der Waals surface area contributed by atoms with E-state index in [4.69, 9.17) is 4.74 Å². The summed E-state index contributed by atoms with van der Waals surface area (Å²) in [7, 11) is -2.17. The van der Waals surface area contributed by atoms with Gasteiger partial charge in [0, 0.05) is 13.1 Å². The Kier molecular flexibility index (Phi) is 3.35. The third-order valence-electron chi connectivity index (χ3n) is 3.10. The van der Waals surface area contributed by atoms with E-state index in [1.807, 2.05) is 0 Å². The van der Waals surface area contributed by atoms with Crippen molar-refractivity contribution in [1.82, 2.24) is 4.31 Å². The monoisotopic (exact) mass is 271 g/mol. The zero-order valence-corrected chi connectivity index (χ0v) is 11.3. The van der Waals surface area contributed by atoms with Crippen LogP contribution < -0.4 is 4.74 Å². The SMILES string of the molecule is COc1ccccc1S(=O)(=O)N1CCC(C)(O)C1.